The van der Waals surface area contributed by atoms with Gasteiger partial charge in [-0.3, -0.25) is 0 Å². The molecule has 0 aliphatic carbocycles. The van der Waals surface area contributed by atoms with Gasteiger partial charge in [0.25, 0.3) is 0 Å². The number of para-hydroxylation sites is 1. The Kier molecular flexibility index (Phi) is 4.16. The molecular weight excluding hydrogens is 272 g/mol. The van der Waals surface area contributed by atoms with Gasteiger partial charge in [0.2, 0.25) is 0 Å². The first kappa shape index (κ1) is 14.9. The minimum atomic E-state index is -0.445. The zero-order valence-corrected chi connectivity index (χ0v) is 12.5. The van der Waals surface area contributed by atoms with E-state index in [2.05, 4.69) is 0 Å². The van der Waals surface area contributed by atoms with E-state index in [9.17, 15) is 9.59 Å². The lowest BCUT2D eigenvalue weighted by Crippen LogP contribution is -2.30. The molecule has 0 unspecified atom stereocenters. The highest BCUT2D eigenvalue weighted by Gasteiger charge is 2.24. The van der Waals surface area contributed by atoms with Crippen molar-refractivity contribution < 1.29 is 19.1 Å². The van der Waals surface area contributed by atoms with Gasteiger partial charge in [-0.2, -0.15) is 0 Å². The largest absolute Gasteiger partial charge is 0.466 e. The number of hydrogen-bond acceptors (Lipinski definition) is 5. The zero-order chi connectivity index (χ0) is 15.6. The number of methoxy groups -OCH3 is 1. The maximum absolute atomic E-state index is 11.7. The fraction of sp³-hybridized carbons (Fsp3) is 0.333. The van der Waals surface area contributed by atoms with Crippen LogP contribution < -0.4 is 9.64 Å². The van der Waals surface area contributed by atoms with E-state index in [1.54, 1.807) is 32.3 Å². The van der Waals surface area contributed by atoms with Crippen LogP contribution in [0.4, 0.5) is 10.5 Å². The Hall–Kier alpha value is -2.50. The highest BCUT2D eigenvalue weighted by atomic mass is 16.6. The molecular formula is C15H18N2O4. The normalized spacial score (nSPS) is 13.1. The first-order chi connectivity index (χ1) is 9.93. The van der Waals surface area contributed by atoms with Crippen LogP contribution >= 0.6 is 0 Å². The van der Waals surface area contributed by atoms with E-state index in [0.29, 0.717) is 17.9 Å². The van der Waals surface area contributed by atoms with E-state index in [0.717, 1.165) is 11.3 Å². The fourth-order valence-electron chi connectivity index (χ4n) is 2.15. The number of nitrogens with zero attached hydrogens (tertiary/aromatic N) is 2. The molecule has 1 aromatic carbocycles. The topological polar surface area (TPSA) is 59.1 Å². The number of anilines is 1. The second-order valence-electron chi connectivity index (χ2n) is 4.97. The van der Waals surface area contributed by atoms with Crippen LogP contribution in [0.25, 0.3) is 6.08 Å². The molecule has 21 heavy (non-hydrogen) atoms. The number of carbonyl (C=O) groups excluding carboxylic acids is 2. The summed E-state index contributed by atoms with van der Waals surface area (Å²) in [5.41, 5.74) is 2.15. The summed E-state index contributed by atoms with van der Waals surface area (Å²) in [6.07, 6.45) is 1.31. The standard InChI is InChI=1S/C15H18N2O4/c1-16(2)15(19)21-12-7-5-6-10-8-11(14(18)20-4)9-17(3)13(10)12/h5-8H,9H2,1-4H3. The quantitative estimate of drug-likeness (QED) is 0.777. The van der Waals surface area contributed by atoms with Crippen LogP contribution in [0.5, 0.6) is 5.75 Å². The summed E-state index contributed by atoms with van der Waals surface area (Å²) in [5, 5.41) is 0. The smallest absolute Gasteiger partial charge is 0.414 e. The van der Waals surface area contributed by atoms with Gasteiger partial charge >= 0.3 is 12.1 Å². The van der Waals surface area contributed by atoms with Crippen molar-refractivity contribution in [3.8, 4) is 5.75 Å². The van der Waals surface area contributed by atoms with E-state index in [1.807, 2.05) is 18.0 Å². The van der Waals surface area contributed by atoms with E-state index in [4.69, 9.17) is 9.47 Å². The lowest BCUT2D eigenvalue weighted by atomic mass is 10.0. The maximum Gasteiger partial charge on any atom is 0.414 e. The van der Waals surface area contributed by atoms with E-state index in [-0.39, 0.29) is 5.97 Å². The Labute approximate surface area is 123 Å². The first-order valence-electron chi connectivity index (χ1n) is 6.46. The average Bonchev–Trinajstić information content (AvgIpc) is 2.45. The van der Waals surface area contributed by atoms with E-state index >= 15 is 0 Å². The summed E-state index contributed by atoms with van der Waals surface area (Å²) in [6.45, 7) is 0.399. The van der Waals surface area contributed by atoms with Crippen LogP contribution in [0, 0.1) is 0 Å². The van der Waals surface area contributed by atoms with Crippen LogP contribution in [0.1, 0.15) is 5.56 Å². The molecule has 2 rings (SSSR count). The summed E-state index contributed by atoms with van der Waals surface area (Å²) in [6, 6.07) is 5.37. The van der Waals surface area contributed by atoms with Crippen molar-refractivity contribution in [1.29, 1.82) is 0 Å². The monoisotopic (exact) mass is 290 g/mol. The summed E-state index contributed by atoms with van der Waals surface area (Å²) >= 11 is 0. The van der Waals surface area contributed by atoms with Crippen molar-refractivity contribution in [1.82, 2.24) is 4.90 Å². The third kappa shape index (κ3) is 2.99. The lowest BCUT2D eigenvalue weighted by Gasteiger charge is -2.28. The van der Waals surface area contributed by atoms with Gasteiger partial charge in [0, 0.05) is 33.3 Å². The molecule has 1 amide bonds. The van der Waals surface area contributed by atoms with Crippen LogP contribution in [0.3, 0.4) is 0 Å². The number of hydrogen-bond donors (Lipinski definition) is 0. The van der Waals surface area contributed by atoms with Crippen LogP contribution in [-0.4, -0.2) is 51.8 Å². The molecule has 0 spiro atoms. The Balaban J connectivity index is 2.40. The van der Waals surface area contributed by atoms with Crippen molar-refractivity contribution in [2.75, 3.05) is 39.7 Å². The van der Waals surface area contributed by atoms with Crippen molar-refractivity contribution in [3.63, 3.8) is 0 Å². The first-order valence-corrected chi connectivity index (χ1v) is 6.46. The predicted octanol–water partition coefficient (Wildman–Crippen LogP) is 1.75. The number of fused-ring (bicyclic) bond motifs is 1. The molecule has 0 bridgehead atoms. The van der Waals surface area contributed by atoms with Gasteiger partial charge in [-0.15, -0.1) is 0 Å². The van der Waals surface area contributed by atoms with Crippen molar-refractivity contribution in [2.24, 2.45) is 0 Å². The van der Waals surface area contributed by atoms with Crippen molar-refractivity contribution in [3.05, 3.63) is 29.3 Å². The Morgan fingerprint density at radius 3 is 2.62 bits per heavy atom. The second-order valence-corrected chi connectivity index (χ2v) is 4.97. The lowest BCUT2D eigenvalue weighted by molar-refractivity contribution is -0.136. The minimum absolute atomic E-state index is 0.358. The van der Waals surface area contributed by atoms with Gasteiger partial charge in [-0.1, -0.05) is 12.1 Å². The van der Waals surface area contributed by atoms with Gasteiger partial charge < -0.3 is 19.3 Å². The predicted molar refractivity (Wildman–Crippen MR) is 79.4 cm³/mol. The van der Waals surface area contributed by atoms with Gasteiger partial charge in [0.1, 0.15) is 0 Å². The summed E-state index contributed by atoms with van der Waals surface area (Å²) in [7, 11) is 6.43. The third-order valence-corrected chi connectivity index (χ3v) is 3.16. The molecule has 0 N–H and O–H groups in total. The fourth-order valence-corrected chi connectivity index (χ4v) is 2.15. The minimum Gasteiger partial charge on any atom is -0.466 e. The van der Waals surface area contributed by atoms with Gasteiger partial charge in [0.05, 0.1) is 18.4 Å². The van der Waals surface area contributed by atoms with Crippen LogP contribution in [-0.2, 0) is 9.53 Å². The summed E-state index contributed by atoms with van der Waals surface area (Å²) < 4.78 is 10.1. The van der Waals surface area contributed by atoms with Gasteiger partial charge in [0.15, 0.2) is 5.75 Å². The average molecular weight is 290 g/mol. The van der Waals surface area contributed by atoms with Crippen LogP contribution in [0.2, 0.25) is 0 Å². The number of amides is 1. The van der Waals surface area contributed by atoms with E-state index < -0.39 is 6.09 Å². The van der Waals surface area contributed by atoms with Gasteiger partial charge in [-0.25, -0.2) is 9.59 Å². The molecule has 1 heterocycles. The highest BCUT2D eigenvalue weighted by molar-refractivity contribution is 5.98. The molecule has 1 aromatic rings. The number of ether oxygens (including phenoxy) is 2. The summed E-state index contributed by atoms with van der Waals surface area (Å²) in [5.74, 6) is 0.108. The number of esters is 1. The van der Waals surface area contributed by atoms with Gasteiger partial charge in [-0.05, 0) is 12.1 Å². The number of likely N-dealkylation sites (N-methyl/N-ethyl adjacent to an activating group) is 1. The molecule has 6 heteroatoms. The molecule has 0 atom stereocenters. The summed E-state index contributed by atoms with van der Waals surface area (Å²) in [4.78, 5) is 26.6. The molecule has 0 saturated carbocycles. The Morgan fingerprint density at radius 1 is 1.29 bits per heavy atom. The zero-order valence-electron chi connectivity index (χ0n) is 12.5. The molecule has 6 nitrogen and oxygen atoms in total. The number of carbonyl (C=O) groups is 2. The molecule has 0 saturated heterocycles. The molecule has 0 fully saturated rings. The number of rotatable bonds is 2. The SMILES string of the molecule is COC(=O)C1=Cc2cccc(OC(=O)N(C)C)c2N(C)C1. The molecule has 1 aliphatic heterocycles. The highest BCUT2D eigenvalue weighted by Crippen LogP contribution is 2.36. The second kappa shape index (κ2) is 5.87. The third-order valence-electron chi connectivity index (χ3n) is 3.16. The maximum atomic E-state index is 11.7. The van der Waals surface area contributed by atoms with E-state index in [1.165, 1.54) is 12.0 Å². The molecule has 0 aromatic heterocycles. The Morgan fingerprint density at radius 2 is 2.00 bits per heavy atom. The molecule has 0 radical (unpaired) electrons. The van der Waals surface area contributed by atoms with Crippen molar-refractivity contribution >= 4 is 23.8 Å². The Bertz CT molecular complexity index is 608. The molecule has 1 aliphatic rings. The number of benzene rings is 1. The van der Waals surface area contributed by atoms with Crippen LogP contribution in [0.15, 0.2) is 23.8 Å². The molecule has 112 valence electrons. The van der Waals surface area contributed by atoms with Crippen molar-refractivity contribution in [2.45, 2.75) is 0 Å².